The van der Waals surface area contributed by atoms with Crippen molar-refractivity contribution in [3.63, 3.8) is 0 Å². The van der Waals surface area contributed by atoms with Crippen molar-refractivity contribution in [1.82, 2.24) is 10.1 Å². The predicted octanol–water partition coefficient (Wildman–Crippen LogP) is 2.43. The summed E-state index contributed by atoms with van der Waals surface area (Å²) in [5.74, 6) is 0.543. The van der Waals surface area contributed by atoms with Crippen molar-refractivity contribution in [2.24, 2.45) is 5.41 Å². The van der Waals surface area contributed by atoms with Crippen LogP contribution in [0.5, 0.6) is 0 Å². The Hall–Kier alpha value is -2.18. The number of carboxylic acids is 1. The van der Waals surface area contributed by atoms with E-state index in [1.807, 2.05) is 36.4 Å². The van der Waals surface area contributed by atoms with E-state index in [2.05, 4.69) is 10.1 Å². The lowest BCUT2D eigenvalue weighted by atomic mass is 9.71. The number of aromatic nitrogens is 1. The van der Waals surface area contributed by atoms with E-state index in [4.69, 9.17) is 4.52 Å². The van der Waals surface area contributed by atoms with Gasteiger partial charge in [-0.05, 0) is 37.8 Å². The normalized spacial score (nSPS) is 26.7. The first-order valence-electron chi connectivity index (χ1n) is 9.20. The van der Waals surface area contributed by atoms with Crippen LogP contribution >= 0.6 is 0 Å². The molecular weight excluding hydrogens is 332 g/mol. The molecule has 0 spiro atoms. The molecule has 1 aliphatic carbocycles. The number of aliphatic hydroxyl groups is 1. The van der Waals surface area contributed by atoms with Gasteiger partial charge in [0.15, 0.2) is 0 Å². The maximum absolute atomic E-state index is 12.0. The Bertz CT molecular complexity index is 771. The second kappa shape index (κ2) is 6.85. The number of nitrogens with zero attached hydrogens (tertiary/aromatic N) is 2. The first-order valence-corrected chi connectivity index (χ1v) is 9.20. The van der Waals surface area contributed by atoms with Crippen molar-refractivity contribution in [2.75, 3.05) is 13.1 Å². The van der Waals surface area contributed by atoms with Gasteiger partial charge in [-0.25, -0.2) is 0 Å². The molecule has 0 bridgehead atoms. The van der Waals surface area contributed by atoms with Gasteiger partial charge in [0.05, 0.1) is 11.8 Å². The minimum absolute atomic E-state index is 0.324. The van der Waals surface area contributed by atoms with Crippen LogP contribution in [0.4, 0.5) is 0 Å². The van der Waals surface area contributed by atoms with Crippen LogP contribution in [-0.2, 0) is 17.8 Å². The number of aliphatic carboxylic acids is 1. The van der Waals surface area contributed by atoms with Crippen molar-refractivity contribution in [2.45, 2.75) is 44.2 Å². The van der Waals surface area contributed by atoms with E-state index < -0.39 is 17.5 Å². The summed E-state index contributed by atoms with van der Waals surface area (Å²) < 4.78 is 5.38. The van der Waals surface area contributed by atoms with Gasteiger partial charge in [-0.2, -0.15) is 0 Å². The molecule has 1 saturated carbocycles. The summed E-state index contributed by atoms with van der Waals surface area (Å²) in [4.78, 5) is 14.1. The number of hydrogen-bond donors (Lipinski definition) is 2. The third-order valence-corrected chi connectivity index (χ3v) is 5.67. The van der Waals surface area contributed by atoms with Crippen molar-refractivity contribution in [1.29, 1.82) is 0 Å². The number of aliphatic hydroxyl groups excluding tert-OH is 1. The molecule has 6 heteroatoms. The summed E-state index contributed by atoms with van der Waals surface area (Å²) in [7, 11) is 0. The number of hydrogen-bond acceptors (Lipinski definition) is 5. The van der Waals surface area contributed by atoms with Gasteiger partial charge in [0, 0.05) is 25.1 Å². The fourth-order valence-corrected chi connectivity index (χ4v) is 3.86. The molecule has 1 aromatic carbocycles. The van der Waals surface area contributed by atoms with E-state index >= 15 is 0 Å². The number of likely N-dealkylation sites (tertiary alicyclic amines) is 1. The van der Waals surface area contributed by atoms with E-state index in [9.17, 15) is 15.0 Å². The summed E-state index contributed by atoms with van der Waals surface area (Å²) in [6.07, 6.45) is 2.15. The summed E-state index contributed by atoms with van der Waals surface area (Å²) >= 11 is 0. The molecule has 2 atom stereocenters. The monoisotopic (exact) mass is 356 g/mol. The number of carbonyl (C=O) groups is 1. The molecule has 1 saturated heterocycles. The van der Waals surface area contributed by atoms with Crippen LogP contribution < -0.4 is 0 Å². The Kier molecular flexibility index (Phi) is 4.54. The van der Waals surface area contributed by atoms with Crippen molar-refractivity contribution in [3.8, 4) is 0 Å². The van der Waals surface area contributed by atoms with Crippen LogP contribution in [0.3, 0.4) is 0 Å². The third-order valence-electron chi connectivity index (χ3n) is 5.67. The largest absolute Gasteiger partial charge is 0.481 e. The average molecular weight is 356 g/mol. The molecular formula is C20H24N2O4. The lowest BCUT2D eigenvalue weighted by Crippen LogP contribution is -2.55. The summed E-state index contributed by atoms with van der Waals surface area (Å²) in [5.41, 5.74) is 0.652. The van der Waals surface area contributed by atoms with Gasteiger partial charge in [0.25, 0.3) is 0 Å². The fraction of sp³-hybridized carbons (Fsp3) is 0.500. The van der Waals surface area contributed by atoms with Crippen LogP contribution in [0.15, 0.2) is 40.9 Å². The molecule has 2 fully saturated rings. The molecule has 4 rings (SSSR count). The Balaban J connectivity index is 1.44. The maximum atomic E-state index is 12.0. The first kappa shape index (κ1) is 17.2. The highest BCUT2D eigenvalue weighted by Gasteiger charge is 2.48. The van der Waals surface area contributed by atoms with Crippen molar-refractivity contribution < 1.29 is 19.5 Å². The SMILES string of the molecule is O=C(O)[C@@]1(Cc2ccccc2)CCN(Cc2cc(C3CC3)on2)CC1O. The first-order chi connectivity index (χ1) is 12.6. The lowest BCUT2D eigenvalue weighted by molar-refractivity contribution is -0.163. The molecule has 0 radical (unpaired) electrons. The second-order valence-corrected chi connectivity index (χ2v) is 7.62. The summed E-state index contributed by atoms with van der Waals surface area (Å²) in [6.45, 7) is 1.51. The van der Waals surface area contributed by atoms with E-state index in [1.54, 1.807) is 0 Å². The molecule has 2 aromatic rings. The molecule has 0 amide bonds. The Labute approximate surface area is 152 Å². The molecule has 2 aliphatic rings. The summed E-state index contributed by atoms with van der Waals surface area (Å²) in [5, 5.41) is 24.7. The summed E-state index contributed by atoms with van der Waals surface area (Å²) in [6, 6.07) is 11.5. The maximum Gasteiger partial charge on any atom is 0.312 e. The van der Waals surface area contributed by atoms with E-state index in [1.165, 1.54) is 0 Å². The second-order valence-electron chi connectivity index (χ2n) is 7.62. The lowest BCUT2D eigenvalue weighted by Gasteiger charge is -2.42. The number of carboxylic acid groups (broad SMARTS) is 1. The fourth-order valence-electron chi connectivity index (χ4n) is 3.86. The van der Waals surface area contributed by atoms with E-state index in [-0.39, 0.29) is 0 Å². The van der Waals surface area contributed by atoms with E-state index in [0.29, 0.717) is 38.4 Å². The molecule has 138 valence electrons. The van der Waals surface area contributed by atoms with Gasteiger partial charge >= 0.3 is 5.97 Å². The molecule has 1 aromatic heterocycles. The zero-order valence-electron chi connectivity index (χ0n) is 14.7. The van der Waals surface area contributed by atoms with Gasteiger partial charge in [-0.3, -0.25) is 9.69 Å². The zero-order valence-corrected chi connectivity index (χ0v) is 14.7. The van der Waals surface area contributed by atoms with Gasteiger partial charge < -0.3 is 14.7 Å². The highest BCUT2D eigenvalue weighted by atomic mass is 16.5. The van der Waals surface area contributed by atoms with Crippen LogP contribution in [0, 0.1) is 5.41 Å². The highest BCUT2D eigenvalue weighted by molar-refractivity contribution is 5.76. The van der Waals surface area contributed by atoms with E-state index in [0.717, 1.165) is 29.9 Å². The molecule has 1 aliphatic heterocycles. The average Bonchev–Trinajstić information content (AvgIpc) is 3.38. The molecule has 1 unspecified atom stereocenters. The van der Waals surface area contributed by atoms with Crippen molar-refractivity contribution >= 4 is 5.97 Å². The number of benzene rings is 1. The predicted molar refractivity (Wildman–Crippen MR) is 94.6 cm³/mol. The number of β-amino-alcohol motifs (C(OH)–C–C–N with tert-alkyl or cyclic N) is 1. The molecule has 6 nitrogen and oxygen atoms in total. The Morgan fingerprint density at radius 2 is 2.08 bits per heavy atom. The minimum Gasteiger partial charge on any atom is -0.481 e. The smallest absolute Gasteiger partial charge is 0.312 e. The Morgan fingerprint density at radius 1 is 1.31 bits per heavy atom. The van der Waals surface area contributed by atoms with Crippen LogP contribution in [0.25, 0.3) is 0 Å². The molecule has 2 heterocycles. The number of piperidine rings is 1. The van der Waals surface area contributed by atoms with Crippen LogP contribution in [0.1, 0.15) is 42.2 Å². The standard InChI is InChI=1S/C20H24N2O4/c23-18-13-22(12-16-10-17(26-21-16)15-6-7-15)9-8-20(18,19(24)25)11-14-4-2-1-3-5-14/h1-5,10,15,18,23H,6-9,11-13H2,(H,24,25)/t18?,20-/m1/s1. The van der Waals surface area contributed by atoms with Crippen molar-refractivity contribution in [3.05, 3.63) is 53.4 Å². The minimum atomic E-state index is -1.14. The van der Waals surface area contributed by atoms with Gasteiger partial charge in [0.2, 0.25) is 0 Å². The quantitative estimate of drug-likeness (QED) is 0.827. The van der Waals surface area contributed by atoms with Gasteiger partial charge in [-0.15, -0.1) is 0 Å². The highest BCUT2D eigenvalue weighted by Crippen LogP contribution is 2.40. The third kappa shape index (κ3) is 3.39. The topological polar surface area (TPSA) is 86.8 Å². The zero-order chi connectivity index (χ0) is 18.1. The van der Waals surface area contributed by atoms with Gasteiger partial charge in [-0.1, -0.05) is 35.5 Å². The van der Waals surface area contributed by atoms with Crippen LogP contribution in [0.2, 0.25) is 0 Å². The number of rotatable bonds is 6. The molecule has 2 N–H and O–H groups in total. The Morgan fingerprint density at radius 3 is 2.73 bits per heavy atom. The van der Waals surface area contributed by atoms with Crippen LogP contribution in [-0.4, -0.2) is 45.4 Å². The van der Waals surface area contributed by atoms with Gasteiger partial charge in [0.1, 0.15) is 11.2 Å². The molecule has 26 heavy (non-hydrogen) atoms.